The van der Waals surface area contributed by atoms with Crippen LogP contribution in [0.3, 0.4) is 0 Å². The highest BCUT2D eigenvalue weighted by Gasteiger charge is 2.28. The minimum Gasteiger partial charge on any atom is -0.332 e. The number of fused-ring (bicyclic) bond motifs is 1. The summed E-state index contributed by atoms with van der Waals surface area (Å²) in [7, 11) is 1.91. The van der Waals surface area contributed by atoms with Gasteiger partial charge in [0.15, 0.2) is 6.54 Å². The van der Waals surface area contributed by atoms with Crippen molar-refractivity contribution in [2.24, 2.45) is 0 Å². The van der Waals surface area contributed by atoms with Crippen LogP contribution >= 0.6 is 11.3 Å². The van der Waals surface area contributed by atoms with E-state index >= 15 is 0 Å². The van der Waals surface area contributed by atoms with Gasteiger partial charge in [-0.15, -0.1) is 11.3 Å². The lowest BCUT2D eigenvalue weighted by atomic mass is 10.2. The maximum absolute atomic E-state index is 12.9. The highest BCUT2D eigenvalue weighted by molar-refractivity contribution is 7.18. The molecule has 4 rings (SSSR count). The first-order valence-corrected chi connectivity index (χ1v) is 11.2. The maximum Gasteiger partial charge on any atom is 0.278 e. The lowest BCUT2D eigenvalue weighted by Crippen LogP contribution is -3.28. The summed E-state index contributed by atoms with van der Waals surface area (Å²) in [5.41, 5.74) is 2.41. The number of carbonyl (C=O) groups excluding carboxylic acids is 1. The number of aromatic nitrogens is 1. The van der Waals surface area contributed by atoms with E-state index in [4.69, 9.17) is 4.98 Å². The van der Waals surface area contributed by atoms with Gasteiger partial charge in [-0.3, -0.25) is 4.79 Å². The molecule has 1 atom stereocenters. The van der Waals surface area contributed by atoms with E-state index in [9.17, 15) is 4.79 Å². The van der Waals surface area contributed by atoms with Gasteiger partial charge in [0, 0.05) is 12.6 Å². The summed E-state index contributed by atoms with van der Waals surface area (Å²) in [5.74, 6) is 0.207. The number of likely N-dealkylation sites (N-methyl/N-ethyl adjacent to an activating group) is 1. The van der Waals surface area contributed by atoms with Gasteiger partial charge in [-0.2, -0.15) is 0 Å². The Bertz CT molecular complexity index is 917. The van der Waals surface area contributed by atoms with Crippen LogP contribution in [-0.4, -0.2) is 55.6 Å². The Morgan fingerprint density at radius 2 is 1.69 bits per heavy atom. The average molecular weight is 411 g/mol. The summed E-state index contributed by atoms with van der Waals surface area (Å²) in [6.07, 6.45) is 0. The van der Waals surface area contributed by atoms with Crippen LogP contribution in [0.5, 0.6) is 0 Å². The molecule has 0 aliphatic carbocycles. The Labute approximate surface area is 176 Å². The molecule has 1 saturated heterocycles. The van der Waals surface area contributed by atoms with Crippen LogP contribution in [0, 0.1) is 0 Å². The van der Waals surface area contributed by atoms with Gasteiger partial charge in [-0.1, -0.05) is 42.5 Å². The minimum absolute atomic E-state index is 0.00398. The van der Waals surface area contributed by atoms with E-state index in [1.807, 2.05) is 30.1 Å². The summed E-state index contributed by atoms with van der Waals surface area (Å²) in [6.45, 7) is 8.08. The van der Waals surface area contributed by atoms with Crippen molar-refractivity contribution in [1.29, 1.82) is 0 Å². The summed E-state index contributed by atoms with van der Waals surface area (Å²) in [6, 6.07) is 18.9. The first kappa shape index (κ1) is 20.0. The molecule has 6 heteroatoms. The molecular weight excluding hydrogens is 380 g/mol. The number of nitrogens with one attached hydrogen (secondary N) is 2. The lowest BCUT2D eigenvalue weighted by molar-refractivity contribution is -1.02. The molecule has 1 fully saturated rings. The Kier molecular flexibility index (Phi) is 6.23. The number of hydrogen-bond donors (Lipinski definition) is 2. The molecule has 2 N–H and O–H groups in total. The fraction of sp³-hybridized carbons (Fsp3) is 0.391. The first-order chi connectivity index (χ1) is 14.1. The average Bonchev–Trinajstić information content (AvgIpc) is 3.19. The molecule has 5 nitrogen and oxygen atoms in total. The van der Waals surface area contributed by atoms with Crippen LogP contribution in [-0.2, 0) is 11.3 Å². The van der Waals surface area contributed by atoms with Crippen molar-refractivity contribution in [1.82, 2.24) is 9.88 Å². The van der Waals surface area contributed by atoms with Crippen molar-refractivity contribution in [3.05, 3.63) is 65.2 Å². The highest BCUT2D eigenvalue weighted by Crippen LogP contribution is 2.28. The molecule has 3 aromatic rings. The minimum atomic E-state index is 0.00398. The van der Waals surface area contributed by atoms with Crippen LogP contribution in [0.25, 0.3) is 10.2 Å². The van der Waals surface area contributed by atoms with Crippen LogP contribution in [0.2, 0.25) is 0 Å². The number of hydrogen-bond acceptors (Lipinski definition) is 3. The lowest BCUT2D eigenvalue weighted by Gasteiger charge is -2.31. The third-order valence-electron chi connectivity index (χ3n) is 6.00. The molecule has 152 valence electrons. The number of benzene rings is 2. The number of piperazine rings is 1. The van der Waals surface area contributed by atoms with Crippen molar-refractivity contribution in [2.45, 2.75) is 19.5 Å². The van der Waals surface area contributed by atoms with Gasteiger partial charge in [0.05, 0.1) is 16.3 Å². The molecule has 0 saturated carbocycles. The fourth-order valence-corrected chi connectivity index (χ4v) is 5.05. The topological polar surface area (TPSA) is 42.1 Å². The molecule has 1 amide bonds. The number of rotatable bonds is 6. The van der Waals surface area contributed by atoms with E-state index in [0.717, 1.165) is 43.2 Å². The predicted molar refractivity (Wildman–Crippen MR) is 117 cm³/mol. The van der Waals surface area contributed by atoms with Crippen LogP contribution in [0.1, 0.15) is 23.5 Å². The van der Waals surface area contributed by atoms with Gasteiger partial charge >= 0.3 is 0 Å². The van der Waals surface area contributed by atoms with Gasteiger partial charge in [-0.05, 0) is 19.1 Å². The van der Waals surface area contributed by atoms with E-state index < -0.39 is 0 Å². The third kappa shape index (κ3) is 4.83. The van der Waals surface area contributed by atoms with Crippen LogP contribution in [0.4, 0.5) is 0 Å². The zero-order valence-electron chi connectivity index (χ0n) is 17.2. The van der Waals surface area contributed by atoms with Crippen LogP contribution in [0.15, 0.2) is 54.6 Å². The maximum atomic E-state index is 12.9. The molecule has 1 aliphatic heterocycles. The molecule has 2 aromatic carbocycles. The van der Waals surface area contributed by atoms with Crippen molar-refractivity contribution in [2.75, 3.05) is 39.8 Å². The molecule has 0 bridgehead atoms. The normalized spacial score (nSPS) is 20.5. The molecule has 1 aromatic heterocycles. The van der Waals surface area contributed by atoms with E-state index in [1.165, 1.54) is 15.2 Å². The quantitative estimate of drug-likeness (QED) is 0.631. The van der Waals surface area contributed by atoms with Crippen LogP contribution < -0.4 is 9.80 Å². The standard InChI is InChI=1S/C23H28N4OS/c1-18(23-24-20-10-6-7-11-21(20)29-23)25(2)22(28)17-27-14-12-26(13-15-27)16-19-8-4-3-5-9-19/h3-11,18H,12-17H2,1-2H3/p+2/t18-/m0/s1. The highest BCUT2D eigenvalue weighted by atomic mass is 32.1. The molecule has 0 spiro atoms. The zero-order valence-corrected chi connectivity index (χ0v) is 18.0. The van der Waals surface area contributed by atoms with Gasteiger partial charge in [0.25, 0.3) is 5.91 Å². The van der Waals surface area contributed by atoms with Gasteiger partial charge < -0.3 is 14.7 Å². The third-order valence-corrected chi connectivity index (χ3v) is 7.21. The molecular formula is C23H30N4OS+2. The SMILES string of the molecule is C[C@@H](c1nc2ccccc2s1)N(C)C(=O)C[NH+]1CC[NH+](Cc2ccccc2)CC1. The number of carbonyl (C=O) groups is 1. The second kappa shape index (κ2) is 9.03. The second-order valence-electron chi connectivity index (χ2n) is 8.04. The van der Waals surface area contributed by atoms with Crippen molar-refractivity contribution >= 4 is 27.5 Å². The number of nitrogens with zero attached hydrogens (tertiary/aromatic N) is 2. The Morgan fingerprint density at radius 3 is 2.41 bits per heavy atom. The monoisotopic (exact) mass is 410 g/mol. The van der Waals surface area contributed by atoms with E-state index in [2.05, 4.69) is 43.3 Å². The van der Waals surface area contributed by atoms with Crippen molar-refractivity contribution in [3.63, 3.8) is 0 Å². The van der Waals surface area contributed by atoms with Crippen molar-refractivity contribution in [3.8, 4) is 0 Å². The Morgan fingerprint density at radius 1 is 1.03 bits per heavy atom. The summed E-state index contributed by atoms with van der Waals surface area (Å²) >= 11 is 1.68. The Balaban J connectivity index is 1.29. The molecule has 2 heterocycles. The van der Waals surface area contributed by atoms with E-state index in [0.29, 0.717) is 6.54 Å². The van der Waals surface area contributed by atoms with Gasteiger partial charge in [0.1, 0.15) is 37.7 Å². The largest absolute Gasteiger partial charge is 0.332 e. The summed E-state index contributed by atoms with van der Waals surface area (Å²) in [5, 5.41) is 1.01. The smallest absolute Gasteiger partial charge is 0.278 e. The molecule has 29 heavy (non-hydrogen) atoms. The Hall–Kier alpha value is -2.28. The number of thiazole rings is 1. The zero-order chi connectivity index (χ0) is 20.2. The molecule has 0 radical (unpaired) electrons. The number of quaternary nitrogens is 2. The molecule has 1 aliphatic rings. The molecule has 0 unspecified atom stereocenters. The van der Waals surface area contributed by atoms with Crippen molar-refractivity contribution < 1.29 is 14.6 Å². The van der Waals surface area contributed by atoms with Gasteiger partial charge in [-0.25, -0.2) is 4.98 Å². The summed E-state index contributed by atoms with van der Waals surface area (Å²) < 4.78 is 1.18. The number of para-hydroxylation sites is 1. The number of amides is 1. The predicted octanol–water partition coefficient (Wildman–Crippen LogP) is 0.799. The van der Waals surface area contributed by atoms with E-state index in [1.54, 1.807) is 16.2 Å². The summed E-state index contributed by atoms with van der Waals surface area (Å²) in [4.78, 5) is 22.5. The second-order valence-corrected chi connectivity index (χ2v) is 9.10. The fourth-order valence-electron chi connectivity index (χ4n) is 3.98. The first-order valence-electron chi connectivity index (χ1n) is 10.4. The van der Waals surface area contributed by atoms with E-state index in [-0.39, 0.29) is 11.9 Å². The van der Waals surface area contributed by atoms with Gasteiger partial charge in [0.2, 0.25) is 0 Å².